The third kappa shape index (κ3) is 3.55. The number of nitrogens with one attached hydrogen (secondary N) is 1. The van der Waals surface area contributed by atoms with Gasteiger partial charge in [-0.25, -0.2) is 0 Å². The zero-order chi connectivity index (χ0) is 12.0. The Kier molecular flexibility index (Phi) is 4.79. The van der Waals surface area contributed by atoms with Gasteiger partial charge in [0.25, 0.3) is 5.91 Å². The van der Waals surface area contributed by atoms with E-state index >= 15 is 0 Å². The SMILES string of the molecule is COc1ccc(Cl)cc1CCNC(=O)C=O. The Labute approximate surface area is 98.5 Å². The van der Waals surface area contributed by atoms with Crippen LogP contribution in [0.1, 0.15) is 5.56 Å². The minimum Gasteiger partial charge on any atom is -0.496 e. The first kappa shape index (κ1) is 12.5. The number of carbonyl (C=O) groups excluding carboxylic acids is 2. The Morgan fingerprint density at radius 3 is 2.94 bits per heavy atom. The smallest absolute Gasteiger partial charge is 0.284 e. The quantitative estimate of drug-likeness (QED) is 0.623. The number of halogens is 1. The first-order valence-corrected chi connectivity index (χ1v) is 5.10. The maximum Gasteiger partial charge on any atom is 0.284 e. The first-order valence-electron chi connectivity index (χ1n) is 4.72. The number of carbonyl (C=O) groups is 2. The molecule has 1 N–H and O–H groups in total. The van der Waals surface area contributed by atoms with Crippen molar-refractivity contribution < 1.29 is 14.3 Å². The van der Waals surface area contributed by atoms with Gasteiger partial charge < -0.3 is 10.1 Å². The highest BCUT2D eigenvalue weighted by molar-refractivity contribution is 6.30. The predicted octanol–water partition coefficient (Wildman–Crippen LogP) is 1.21. The van der Waals surface area contributed by atoms with Gasteiger partial charge in [0.1, 0.15) is 5.75 Å². The lowest BCUT2D eigenvalue weighted by Gasteiger charge is -2.08. The molecule has 0 spiro atoms. The van der Waals surface area contributed by atoms with E-state index in [4.69, 9.17) is 16.3 Å². The molecular formula is C11H12ClNO3. The third-order valence-corrected chi connectivity index (χ3v) is 2.28. The normalized spacial score (nSPS) is 9.62. The van der Waals surface area contributed by atoms with Crippen LogP contribution in [0.15, 0.2) is 18.2 Å². The molecule has 0 aliphatic carbocycles. The molecule has 0 saturated carbocycles. The summed E-state index contributed by atoms with van der Waals surface area (Å²) in [7, 11) is 1.57. The van der Waals surface area contributed by atoms with E-state index in [0.717, 1.165) is 5.56 Å². The molecular weight excluding hydrogens is 230 g/mol. The number of hydrogen-bond donors (Lipinski definition) is 1. The summed E-state index contributed by atoms with van der Waals surface area (Å²) in [6.45, 7) is 0.369. The van der Waals surface area contributed by atoms with Crippen LogP contribution in [-0.4, -0.2) is 25.8 Å². The van der Waals surface area contributed by atoms with Crippen LogP contribution in [0.25, 0.3) is 0 Å². The van der Waals surface area contributed by atoms with Crippen molar-refractivity contribution in [1.82, 2.24) is 5.32 Å². The van der Waals surface area contributed by atoms with Crippen molar-refractivity contribution in [2.75, 3.05) is 13.7 Å². The van der Waals surface area contributed by atoms with Gasteiger partial charge in [0.2, 0.25) is 6.29 Å². The first-order chi connectivity index (χ1) is 7.67. The van der Waals surface area contributed by atoms with Crippen LogP contribution in [0.3, 0.4) is 0 Å². The van der Waals surface area contributed by atoms with Gasteiger partial charge in [0.05, 0.1) is 7.11 Å². The van der Waals surface area contributed by atoms with E-state index in [2.05, 4.69) is 5.32 Å². The summed E-state index contributed by atoms with van der Waals surface area (Å²) < 4.78 is 5.14. The molecule has 5 heteroatoms. The number of methoxy groups -OCH3 is 1. The molecule has 1 aromatic carbocycles. The van der Waals surface area contributed by atoms with E-state index < -0.39 is 5.91 Å². The highest BCUT2D eigenvalue weighted by Gasteiger charge is 2.04. The van der Waals surface area contributed by atoms with Crippen molar-refractivity contribution in [1.29, 1.82) is 0 Å². The van der Waals surface area contributed by atoms with Gasteiger partial charge in [-0.1, -0.05) is 11.6 Å². The Hall–Kier alpha value is -1.55. The molecule has 0 heterocycles. The van der Waals surface area contributed by atoms with Crippen LogP contribution in [0, 0.1) is 0 Å². The maximum absolute atomic E-state index is 10.7. The highest BCUT2D eigenvalue weighted by atomic mass is 35.5. The molecule has 16 heavy (non-hydrogen) atoms. The number of aldehydes is 1. The number of hydrogen-bond acceptors (Lipinski definition) is 3. The molecule has 0 aliphatic heterocycles. The summed E-state index contributed by atoms with van der Waals surface area (Å²) in [4.78, 5) is 20.8. The van der Waals surface area contributed by atoms with E-state index in [1.807, 2.05) is 0 Å². The minimum absolute atomic E-state index is 0.245. The van der Waals surface area contributed by atoms with E-state index in [1.165, 1.54) is 0 Å². The summed E-state index contributed by atoms with van der Waals surface area (Å²) in [5.41, 5.74) is 0.890. The molecule has 0 fully saturated rings. The van der Waals surface area contributed by atoms with Crippen LogP contribution in [0.2, 0.25) is 5.02 Å². The van der Waals surface area contributed by atoms with Crippen LogP contribution in [0.4, 0.5) is 0 Å². The fraction of sp³-hybridized carbons (Fsp3) is 0.273. The zero-order valence-electron chi connectivity index (χ0n) is 8.83. The largest absolute Gasteiger partial charge is 0.496 e. The average Bonchev–Trinajstić information content (AvgIpc) is 2.29. The lowest BCUT2D eigenvalue weighted by molar-refractivity contribution is -0.131. The zero-order valence-corrected chi connectivity index (χ0v) is 9.58. The van der Waals surface area contributed by atoms with E-state index in [0.29, 0.717) is 23.7 Å². The Balaban J connectivity index is 2.61. The predicted molar refractivity (Wildman–Crippen MR) is 60.8 cm³/mol. The fourth-order valence-electron chi connectivity index (χ4n) is 1.30. The number of ether oxygens (including phenoxy) is 1. The van der Waals surface area contributed by atoms with Gasteiger partial charge in [0, 0.05) is 11.6 Å². The molecule has 1 amide bonds. The molecule has 4 nitrogen and oxygen atoms in total. The average molecular weight is 242 g/mol. The van der Waals surface area contributed by atoms with Crippen molar-refractivity contribution in [3.63, 3.8) is 0 Å². The summed E-state index contributed by atoms with van der Waals surface area (Å²) in [5, 5.41) is 3.05. The van der Waals surface area contributed by atoms with Crippen molar-refractivity contribution >= 4 is 23.8 Å². The van der Waals surface area contributed by atoms with Crippen molar-refractivity contribution in [3.8, 4) is 5.75 Å². The molecule has 0 unspecified atom stereocenters. The molecule has 0 atom stereocenters. The maximum atomic E-state index is 10.7. The van der Waals surface area contributed by atoms with E-state index in [1.54, 1.807) is 25.3 Å². The summed E-state index contributed by atoms with van der Waals surface area (Å²) in [6, 6.07) is 5.26. The van der Waals surface area contributed by atoms with Crippen LogP contribution in [0.5, 0.6) is 5.75 Å². The number of benzene rings is 1. The van der Waals surface area contributed by atoms with Crippen molar-refractivity contribution in [3.05, 3.63) is 28.8 Å². The summed E-state index contributed by atoms with van der Waals surface area (Å²) in [6.07, 6.45) is 0.804. The summed E-state index contributed by atoms with van der Waals surface area (Å²) in [5.74, 6) is 0.0887. The highest BCUT2D eigenvalue weighted by Crippen LogP contribution is 2.22. The lowest BCUT2D eigenvalue weighted by Crippen LogP contribution is -2.26. The van der Waals surface area contributed by atoms with Gasteiger partial charge in [0.15, 0.2) is 0 Å². The Morgan fingerprint density at radius 1 is 1.56 bits per heavy atom. The second-order valence-electron chi connectivity index (χ2n) is 3.12. The minimum atomic E-state index is -0.624. The molecule has 0 radical (unpaired) electrons. The molecule has 0 aromatic heterocycles. The lowest BCUT2D eigenvalue weighted by atomic mass is 10.1. The van der Waals surface area contributed by atoms with Crippen LogP contribution < -0.4 is 10.1 Å². The fourth-order valence-corrected chi connectivity index (χ4v) is 1.50. The Bertz CT molecular complexity index is 393. The monoisotopic (exact) mass is 241 g/mol. The molecule has 1 aromatic rings. The standard InChI is InChI=1S/C11H12ClNO3/c1-16-10-3-2-9(12)6-8(10)4-5-13-11(15)7-14/h2-3,6-7H,4-5H2,1H3,(H,13,15). The third-order valence-electron chi connectivity index (χ3n) is 2.04. The van der Waals surface area contributed by atoms with Gasteiger partial charge in [-0.05, 0) is 30.2 Å². The molecule has 86 valence electrons. The molecule has 0 aliphatic rings. The summed E-state index contributed by atoms with van der Waals surface area (Å²) >= 11 is 5.84. The van der Waals surface area contributed by atoms with Crippen molar-refractivity contribution in [2.24, 2.45) is 0 Å². The van der Waals surface area contributed by atoms with Crippen LogP contribution in [-0.2, 0) is 16.0 Å². The number of rotatable bonds is 5. The van der Waals surface area contributed by atoms with Gasteiger partial charge in [-0.15, -0.1) is 0 Å². The van der Waals surface area contributed by atoms with E-state index in [9.17, 15) is 9.59 Å². The van der Waals surface area contributed by atoms with Crippen LogP contribution >= 0.6 is 11.6 Å². The molecule has 1 rings (SSSR count). The number of amides is 1. The molecule has 0 saturated heterocycles. The van der Waals surface area contributed by atoms with Gasteiger partial charge in [-0.2, -0.15) is 0 Å². The second-order valence-corrected chi connectivity index (χ2v) is 3.55. The Morgan fingerprint density at radius 2 is 2.31 bits per heavy atom. The van der Waals surface area contributed by atoms with Crippen molar-refractivity contribution in [2.45, 2.75) is 6.42 Å². The van der Waals surface area contributed by atoms with Gasteiger partial charge in [-0.3, -0.25) is 9.59 Å². The topological polar surface area (TPSA) is 55.4 Å². The second kappa shape index (κ2) is 6.12. The molecule has 0 bridgehead atoms. The van der Waals surface area contributed by atoms with E-state index in [-0.39, 0.29) is 6.29 Å². The van der Waals surface area contributed by atoms with Gasteiger partial charge >= 0.3 is 0 Å².